The van der Waals surface area contributed by atoms with Gasteiger partial charge in [0.05, 0.1) is 23.2 Å². The number of carbonyl (C=O) groups is 2. The van der Waals surface area contributed by atoms with Gasteiger partial charge >= 0.3 is 5.97 Å². The number of carbonyl (C=O) groups excluding carboxylic acids is 2. The van der Waals surface area contributed by atoms with Crippen LogP contribution in [0.2, 0.25) is 0 Å². The Labute approximate surface area is 179 Å². The van der Waals surface area contributed by atoms with Crippen molar-refractivity contribution in [2.45, 2.75) is 20.3 Å². The van der Waals surface area contributed by atoms with Crippen LogP contribution in [-0.4, -0.2) is 46.6 Å². The average molecular weight is 420 g/mol. The van der Waals surface area contributed by atoms with Crippen LogP contribution in [0.15, 0.2) is 42.5 Å². The fourth-order valence-corrected chi connectivity index (χ4v) is 3.51. The first-order chi connectivity index (χ1) is 15.0. The van der Waals surface area contributed by atoms with Crippen molar-refractivity contribution in [3.8, 4) is 5.75 Å². The predicted octanol–water partition coefficient (Wildman–Crippen LogP) is 3.27. The van der Waals surface area contributed by atoms with Crippen LogP contribution >= 0.6 is 0 Å². The highest BCUT2D eigenvalue weighted by Gasteiger charge is 2.18. The van der Waals surface area contributed by atoms with Crippen molar-refractivity contribution >= 4 is 33.8 Å². The normalized spacial score (nSPS) is 11.0. The molecule has 2 aromatic heterocycles. The predicted molar refractivity (Wildman–Crippen MR) is 117 cm³/mol. The van der Waals surface area contributed by atoms with Crippen molar-refractivity contribution < 1.29 is 19.1 Å². The molecule has 2 aromatic carbocycles. The molecule has 0 radical (unpaired) electrons. The van der Waals surface area contributed by atoms with E-state index in [0.29, 0.717) is 36.3 Å². The minimum Gasteiger partial charge on any atom is -0.484 e. The molecular weight excluding hydrogens is 396 g/mol. The van der Waals surface area contributed by atoms with Crippen molar-refractivity contribution in [3.63, 3.8) is 0 Å². The number of fused-ring (bicyclic) bond motifs is 2. The number of aryl methyl sites for hydroxylation is 1. The number of para-hydroxylation sites is 2. The molecule has 8 nitrogen and oxygen atoms in total. The van der Waals surface area contributed by atoms with Gasteiger partial charge in [0.1, 0.15) is 11.6 Å². The molecule has 0 saturated carbocycles. The van der Waals surface area contributed by atoms with Crippen LogP contribution in [0.4, 0.5) is 0 Å². The maximum absolute atomic E-state index is 12.3. The third-order valence-corrected chi connectivity index (χ3v) is 4.93. The Hall–Kier alpha value is -3.81. The lowest BCUT2D eigenvalue weighted by Crippen LogP contribution is -2.30. The number of amides is 1. The highest BCUT2D eigenvalue weighted by atomic mass is 16.5. The molecule has 8 heteroatoms. The van der Waals surface area contributed by atoms with E-state index in [1.807, 2.05) is 37.3 Å². The van der Waals surface area contributed by atoms with E-state index in [9.17, 15) is 9.59 Å². The Bertz CT molecular complexity index is 1210. The molecule has 0 saturated heterocycles. The van der Waals surface area contributed by atoms with Gasteiger partial charge in [0.2, 0.25) is 0 Å². The molecule has 31 heavy (non-hydrogen) atoms. The van der Waals surface area contributed by atoms with E-state index in [0.717, 1.165) is 28.1 Å². The molecule has 0 atom stereocenters. The van der Waals surface area contributed by atoms with E-state index in [2.05, 4.69) is 20.3 Å². The first-order valence-corrected chi connectivity index (χ1v) is 10.2. The molecule has 0 aliphatic rings. The molecule has 2 heterocycles. The molecule has 0 unspecified atom stereocenters. The summed E-state index contributed by atoms with van der Waals surface area (Å²) in [5.41, 5.74) is 3.91. The van der Waals surface area contributed by atoms with Crippen LogP contribution in [0.25, 0.3) is 21.9 Å². The highest BCUT2D eigenvalue weighted by molar-refractivity contribution is 6.06. The number of ether oxygens (including phenoxy) is 2. The summed E-state index contributed by atoms with van der Waals surface area (Å²) in [5.74, 6) is 0.713. The van der Waals surface area contributed by atoms with Crippen molar-refractivity contribution in [2.75, 3.05) is 19.8 Å². The monoisotopic (exact) mass is 420 g/mol. The van der Waals surface area contributed by atoms with Gasteiger partial charge in [0, 0.05) is 29.6 Å². The number of rotatable bonds is 8. The largest absolute Gasteiger partial charge is 0.484 e. The summed E-state index contributed by atoms with van der Waals surface area (Å²) < 4.78 is 10.8. The summed E-state index contributed by atoms with van der Waals surface area (Å²) >= 11 is 0. The lowest BCUT2D eigenvalue weighted by molar-refractivity contribution is -0.123. The van der Waals surface area contributed by atoms with Gasteiger partial charge < -0.3 is 24.8 Å². The number of nitrogens with one attached hydrogen (secondary N) is 3. The third-order valence-electron chi connectivity index (χ3n) is 4.93. The molecule has 0 aliphatic carbocycles. The second kappa shape index (κ2) is 8.91. The number of hydrogen-bond donors (Lipinski definition) is 3. The minimum atomic E-state index is -0.383. The number of esters is 1. The van der Waals surface area contributed by atoms with Gasteiger partial charge in [0.25, 0.3) is 5.91 Å². The van der Waals surface area contributed by atoms with Crippen LogP contribution in [-0.2, 0) is 16.0 Å². The fraction of sp³-hybridized carbons (Fsp3) is 0.261. The van der Waals surface area contributed by atoms with E-state index in [4.69, 9.17) is 9.47 Å². The standard InChI is InChI=1S/C23H24N4O4/c1-3-30-23(29)22-14(2)25-17-9-8-15(12-16(17)22)31-13-21(28)24-11-10-20-26-18-6-4-5-7-19(18)27-20/h4-9,12,25H,3,10-11,13H2,1-2H3,(H,24,28)(H,26,27). The first-order valence-electron chi connectivity index (χ1n) is 10.2. The van der Waals surface area contributed by atoms with Crippen LogP contribution in [0.3, 0.4) is 0 Å². The van der Waals surface area contributed by atoms with E-state index in [1.54, 1.807) is 19.1 Å². The lowest BCUT2D eigenvalue weighted by Gasteiger charge is -2.08. The maximum Gasteiger partial charge on any atom is 0.340 e. The van der Waals surface area contributed by atoms with Crippen molar-refractivity contribution in [1.82, 2.24) is 20.3 Å². The van der Waals surface area contributed by atoms with E-state index >= 15 is 0 Å². The van der Waals surface area contributed by atoms with Crippen LogP contribution in [0, 0.1) is 6.92 Å². The Balaban J connectivity index is 1.33. The molecule has 1 amide bonds. The molecule has 0 bridgehead atoms. The Morgan fingerprint density at radius 2 is 1.94 bits per heavy atom. The van der Waals surface area contributed by atoms with Gasteiger partial charge in [-0.25, -0.2) is 9.78 Å². The van der Waals surface area contributed by atoms with Gasteiger partial charge in [-0.1, -0.05) is 12.1 Å². The molecule has 0 spiro atoms. The minimum absolute atomic E-state index is 0.121. The number of aromatic nitrogens is 3. The van der Waals surface area contributed by atoms with E-state index in [-0.39, 0.29) is 18.5 Å². The summed E-state index contributed by atoms with van der Waals surface area (Å²) in [5, 5.41) is 3.54. The van der Waals surface area contributed by atoms with E-state index in [1.165, 1.54) is 0 Å². The summed E-state index contributed by atoms with van der Waals surface area (Å²) in [7, 11) is 0. The van der Waals surface area contributed by atoms with Gasteiger partial charge in [0.15, 0.2) is 6.61 Å². The number of nitrogens with zero attached hydrogens (tertiary/aromatic N) is 1. The molecule has 4 rings (SSSR count). The number of H-pyrrole nitrogens is 2. The van der Waals surface area contributed by atoms with E-state index < -0.39 is 0 Å². The van der Waals surface area contributed by atoms with Gasteiger partial charge in [-0.15, -0.1) is 0 Å². The molecule has 0 aliphatic heterocycles. The Morgan fingerprint density at radius 3 is 2.74 bits per heavy atom. The van der Waals surface area contributed by atoms with Gasteiger partial charge in [-0.05, 0) is 44.2 Å². The molecule has 3 N–H and O–H groups in total. The SMILES string of the molecule is CCOC(=O)c1c(C)[nH]c2ccc(OCC(=O)NCCc3nc4ccccc4[nH]3)cc12. The summed E-state index contributed by atoms with van der Waals surface area (Å²) in [6, 6.07) is 13.1. The van der Waals surface area contributed by atoms with Crippen molar-refractivity contribution in [3.05, 3.63) is 59.5 Å². The van der Waals surface area contributed by atoms with Crippen LogP contribution in [0.5, 0.6) is 5.75 Å². The smallest absolute Gasteiger partial charge is 0.340 e. The molecule has 160 valence electrons. The highest BCUT2D eigenvalue weighted by Crippen LogP contribution is 2.27. The second-order valence-corrected chi connectivity index (χ2v) is 7.14. The topological polar surface area (TPSA) is 109 Å². The van der Waals surface area contributed by atoms with Gasteiger partial charge in [-0.3, -0.25) is 4.79 Å². The zero-order valence-corrected chi connectivity index (χ0v) is 17.5. The lowest BCUT2D eigenvalue weighted by atomic mass is 10.1. The van der Waals surface area contributed by atoms with Crippen LogP contribution in [0.1, 0.15) is 28.8 Å². The summed E-state index contributed by atoms with van der Waals surface area (Å²) in [6.07, 6.45) is 0.595. The molecular formula is C23H24N4O4. The zero-order chi connectivity index (χ0) is 21.8. The maximum atomic E-state index is 12.3. The molecule has 0 fully saturated rings. The second-order valence-electron chi connectivity index (χ2n) is 7.14. The summed E-state index contributed by atoms with van der Waals surface area (Å²) in [4.78, 5) is 35.3. The van der Waals surface area contributed by atoms with Crippen molar-refractivity contribution in [1.29, 1.82) is 0 Å². The van der Waals surface area contributed by atoms with Gasteiger partial charge in [-0.2, -0.15) is 0 Å². The number of hydrogen-bond acceptors (Lipinski definition) is 5. The number of benzene rings is 2. The first kappa shape index (κ1) is 20.5. The third kappa shape index (κ3) is 4.53. The Kier molecular flexibility index (Phi) is 5.88. The average Bonchev–Trinajstić information content (AvgIpc) is 3.31. The van der Waals surface area contributed by atoms with Crippen molar-refractivity contribution in [2.24, 2.45) is 0 Å². The summed E-state index contributed by atoms with van der Waals surface area (Å²) in [6.45, 7) is 4.22. The Morgan fingerprint density at radius 1 is 1.10 bits per heavy atom. The zero-order valence-electron chi connectivity index (χ0n) is 17.5. The fourth-order valence-electron chi connectivity index (χ4n) is 3.51. The van der Waals surface area contributed by atoms with Crippen LogP contribution < -0.4 is 10.1 Å². The molecule has 4 aromatic rings. The number of aromatic amines is 2. The quantitative estimate of drug-likeness (QED) is 0.379. The number of imidazole rings is 1.